The van der Waals surface area contributed by atoms with Gasteiger partial charge in [0.2, 0.25) is 0 Å². The zero-order valence-electron chi connectivity index (χ0n) is 14.9. The van der Waals surface area contributed by atoms with E-state index in [0.29, 0.717) is 5.39 Å². The summed E-state index contributed by atoms with van der Waals surface area (Å²) in [5.41, 5.74) is 0. The van der Waals surface area contributed by atoms with Gasteiger partial charge in [0, 0.05) is 0 Å². The molecule has 0 bridgehead atoms. The van der Waals surface area contributed by atoms with Crippen LogP contribution in [-0.2, 0) is 12.6 Å². The van der Waals surface area contributed by atoms with Gasteiger partial charge >= 0.3 is 176 Å². The number of halogens is 3. The van der Waals surface area contributed by atoms with Crippen LogP contribution in [0.25, 0.3) is 10.8 Å². The van der Waals surface area contributed by atoms with Crippen LogP contribution in [0.3, 0.4) is 0 Å². The van der Waals surface area contributed by atoms with Crippen molar-refractivity contribution in [2.45, 2.75) is 4.90 Å². The van der Waals surface area contributed by atoms with Crippen molar-refractivity contribution in [1.29, 1.82) is 0 Å². The summed E-state index contributed by atoms with van der Waals surface area (Å²) in [4.78, 5) is -0.0226. The second-order valence-electron chi connectivity index (χ2n) is 6.07. The normalized spacial score (nSPS) is 12.1. The van der Waals surface area contributed by atoms with Gasteiger partial charge in [0.1, 0.15) is 0 Å². The Kier molecular flexibility index (Phi) is 5.62. The Hall–Kier alpha value is -2.36. The first kappa shape index (κ1) is 19.9. The fourth-order valence-corrected chi connectivity index (χ4v) is 10.1. The number of benzene rings is 4. The monoisotopic (exact) mass is 524 g/mol. The zero-order valence-corrected chi connectivity index (χ0v) is 17.9. The van der Waals surface area contributed by atoms with E-state index in [9.17, 15) is 17.2 Å². The van der Waals surface area contributed by atoms with Gasteiger partial charge in [0.25, 0.3) is 0 Å². The molecule has 0 heterocycles. The molecular formula is C22H15F2IO3S. The molecule has 3 nitrogen and oxygen atoms in total. The molecule has 7 heteroatoms. The maximum atomic E-state index is 14.5. The van der Waals surface area contributed by atoms with Crippen LogP contribution in [0.5, 0.6) is 0 Å². The van der Waals surface area contributed by atoms with E-state index in [4.69, 9.17) is 2.51 Å². The van der Waals surface area contributed by atoms with Gasteiger partial charge in [0.05, 0.1) is 0 Å². The predicted molar refractivity (Wildman–Crippen MR) is 116 cm³/mol. The summed E-state index contributed by atoms with van der Waals surface area (Å²) < 4.78 is 61.2. The molecule has 0 amide bonds. The van der Waals surface area contributed by atoms with Crippen molar-refractivity contribution in [3.05, 3.63) is 110 Å². The molecule has 29 heavy (non-hydrogen) atoms. The number of hydrogen-bond donors (Lipinski definition) is 0. The Morgan fingerprint density at radius 3 is 1.79 bits per heavy atom. The molecule has 0 N–H and O–H groups in total. The van der Waals surface area contributed by atoms with E-state index in [2.05, 4.69) is 0 Å². The fourth-order valence-electron chi connectivity index (χ4n) is 2.87. The summed E-state index contributed by atoms with van der Waals surface area (Å²) in [6, 6.07) is 23.3. The van der Waals surface area contributed by atoms with Crippen LogP contribution >= 0.6 is 20.2 Å². The summed E-state index contributed by atoms with van der Waals surface area (Å²) in [6.07, 6.45) is 0. The van der Waals surface area contributed by atoms with Gasteiger partial charge in [0.15, 0.2) is 0 Å². The van der Waals surface area contributed by atoms with Crippen LogP contribution in [0.4, 0.5) is 8.78 Å². The van der Waals surface area contributed by atoms with Crippen LogP contribution in [0.2, 0.25) is 0 Å². The minimum absolute atomic E-state index is 0.0226. The minimum atomic E-state index is -4.28. The summed E-state index contributed by atoms with van der Waals surface area (Å²) in [6.45, 7) is 0. The second-order valence-corrected chi connectivity index (χ2v) is 12.4. The zero-order chi connectivity index (χ0) is 20.4. The summed E-state index contributed by atoms with van der Waals surface area (Å²) in [5, 5.41) is 1.22. The van der Waals surface area contributed by atoms with E-state index in [1.807, 2.05) is 0 Å². The SMILES string of the molecule is O=S(=O)(OI(c1ccccc1F)c1ccccc1F)c1cccc2ccccc12. The van der Waals surface area contributed by atoms with Gasteiger partial charge in [-0.05, 0) is 0 Å². The van der Waals surface area contributed by atoms with E-state index < -0.39 is 42.0 Å². The molecule has 0 fully saturated rings. The molecule has 0 aliphatic rings. The Morgan fingerprint density at radius 1 is 0.655 bits per heavy atom. The van der Waals surface area contributed by atoms with Crippen LogP contribution in [0.15, 0.2) is 95.9 Å². The van der Waals surface area contributed by atoms with Gasteiger partial charge in [-0.3, -0.25) is 0 Å². The van der Waals surface area contributed by atoms with Gasteiger partial charge in [-0.25, -0.2) is 0 Å². The molecule has 0 aliphatic heterocycles. The number of fused-ring (bicyclic) bond motifs is 1. The van der Waals surface area contributed by atoms with Gasteiger partial charge in [-0.1, -0.05) is 0 Å². The van der Waals surface area contributed by atoms with Crippen molar-refractivity contribution in [3.63, 3.8) is 0 Å². The topological polar surface area (TPSA) is 43.4 Å². The molecule has 0 radical (unpaired) electrons. The first-order valence-electron chi connectivity index (χ1n) is 8.59. The fraction of sp³-hybridized carbons (Fsp3) is 0. The van der Waals surface area contributed by atoms with E-state index in [0.717, 1.165) is 5.39 Å². The third-order valence-corrected chi connectivity index (χ3v) is 11.7. The van der Waals surface area contributed by atoms with E-state index >= 15 is 0 Å². The maximum absolute atomic E-state index is 14.5. The standard InChI is InChI=1S/C22H15F2IO3S/c23-18-11-3-5-13-20(18)25(21-14-6-4-12-19(21)24)28-29(26,27)22-15-7-9-16-8-1-2-10-17(16)22/h1-15H. The molecule has 148 valence electrons. The van der Waals surface area contributed by atoms with E-state index in [1.165, 1.54) is 42.5 Å². The van der Waals surface area contributed by atoms with Gasteiger partial charge in [-0.2, -0.15) is 0 Å². The van der Waals surface area contributed by atoms with Crippen molar-refractivity contribution in [2.24, 2.45) is 0 Å². The van der Waals surface area contributed by atoms with Gasteiger partial charge in [-0.15, -0.1) is 0 Å². The second kappa shape index (κ2) is 8.17. The average molecular weight is 524 g/mol. The van der Waals surface area contributed by atoms with Crippen molar-refractivity contribution < 1.29 is 19.7 Å². The third kappa shape index (κ3) is 4.03. The van der Waals surface area contributed by atoms with Crippen LogP contribution in [0.1, 0.15) is 0 Å². The predicted octanol–water partition coefficient (Wildman–Crippen LogP) is 5.98. The molecule has 0 saturated carbocycles. The Bertz CT molecular complexity index is 1240. The first-order chi connectivity index (χ1) is 14.0. The van der Waals surface area contributed by atoms with Crippen molar-refractivity contribution in [1.82, 2.24) is 0 Å². The van der Waals surface area contributed by atoms with Crippen molar-refractivity contribution in [3.8, 4) is 0 Å². The molecule has 4 rings (SSSR count). The summed E-state index contributed by atoms with van der Waals surface area (Å²) in [7, 11) is -4.28. The molecule has 4 aromatic rings. The molecule has 0 saturated heterocycles. The first-order valence-corrected chi connectivity index (χ1v) is 13.0. The quantitative estimate of drug-likeness (QED) is 0.302. The van der Waals surface area contributed by atoms with Crippen LogP contribution in [-0.4, -0.2) is 8.42 Å². The van der Waals surface area contributed by atoms with E-state index in [-0.39, 0.29) is 12.0 Å². The molecule has 0 atom stereocenters. The van der Waals surface area contributed by atoms with Crippen molar-refractivity contribution in [2.75, 3.05) is 0 Å². The third-order valence-electron chi connectivity index (χ3n) is 4.18. The van der Waals surface area contributed by atoms with Gasteiger partial charge < -0.3 is 0 Å². The van der Waals surface area contributed by atoms with Crippen molar-refractivity contribution >= 4 is 41.1 Å². The van der Waals surface area contributed by atoms with E-state index in [1.54, 1.807) is 48.5 Å². The summed E-state index contributed by atoms with van der Waals surface area (Å²) in [5.74, 6) is -1.23. The average Bonchev–Trinajstić information content (AvgIpc) is 2.73. The number of rotatable bonds is 5. The Labute approximate surface area is 175 Å². The molecule has 0 aliphatic carbocycles. The Balaban J connectivity index is 1.86. The number of hydrogen-bond acceptors (Lipinski definition) is 3. The van der Waals surface area contributed by atoms with Crippen LogP contribution < -0.4 is 0 Å². The summed E-state index contributed by atoms with van der Waals surface area (Å²) >= 11 is -3.47. The molecule has 0 spiro atoms. The molecular weight excluding hydrogens is 509 g/mol. The molecule has 0 unspecified atom stereocenters. The Morgan fingerprint density at radius 2 is 1.17 bits per heavy atom. The molecule has 0 aromatic heterocycles. The van der Waals surface area contributed by atoms with Crippen LogP contribution in [0, 0.1) is 18.8 Å². The molecule has 4 aromatic carbocycles.